The summed E-state index contributed by atoms with van der Waals surface area (Å²) in [6, 6.07) is 10.0. The van der Waals surface area contributed by atoms with Gasteiger partial charge >= 0.3 is 6.18 Å². The van der Waals surface area contributed by atoms with E-state index in [4.69, 9.17) is 9.47 Å². The second-order valence-electron chi connectivity index (χ2n) is 7.40. The van der Waals surface area contributed by atoms with Crippen LogP contribution in [-0.2, 0) is 11.0 Å². The van der Waals surface area contributed by atoms with Gasteiger partial charge in [0.05, 0.1) is 17.7 Å². The highest BCUT2D eigenvalue weighted by Gasteiger charge is 2.41. The minimum absolute atomic E-state index is 0.167. The van der Waals surface area contributed by atoms with Gasteiger partial charge in [0, 0.05) is 23.6 Å². The topological polar surface area (TPSA) is 77.5 Å². The molecule has 10 heteroatoms. The summed E-state index contributed by atoms with van der Waals surface area (Å²) in [5, 5.41) is 1.89. The molecule has 2 aliphatic rings. The van der Waals surface area contributed by atoms with E-state index >= 15 is 0 Å². The summed E-state index contributed by atoms with van der Waals surface area (Å²) in [6.07, 6.45) is -2.48. The van der Waals surface area contributed by atoms with Gasteiger partial charge in [-0.1, -0.05) is 17.8 Å². The van der Waals surface area contributed by atoms with Crippen LogP contribution in [0.15, 0.2) is 48.7 Å². The molecule has 6 nitrogen and oxygen atoms in total. The molecule has 1 N–H and O–H groups in total. The average Bonchev–Trinajstić information content (AvgIpc) is 3.10. The Morgan fingerprint density at radius 1 is 1.12 bits per heavy atom. The first-order valence-corrected chi connectivity index (χ1v) is 10.6. The van der Waals surface area contributed by atoms with E-state index in [9.17, 15) is 22.8 Å². The smallest absolute Gasteiger partial charge is 0.416 e. The number of amides is 2. The fraction of sp³-hybridized carbons (Fsp3) is 0.227. The zero-order chi connectivity index (χ0) is 22.5. The first-order valence-electron chi connectivity index (χ1n) is 9.71. The van der Waals surface area contributed by atoms with Gasteiger partial charge < -0.3 is 9.47 Å². The van der Waals surface area contributed by atoms with Crippen molar-refractivity contribution >= 4 is 33.8 Å². The van der Waals surface area contributed by atoms with Crippen LogP contribution in [0.25, 0.3) is 10.9 Å². The Kier molecular flexibility index (Phi) is 4.96. The molecule has 5 rings (SSSR count). The standard InChI is InChI=1S/C22H15F3N2O4S/c23-22(24,25)11-1-3-15-16(9-11)26-7-5-17(15)31-12-2-4-13-14(6-8-30-18(13)10-12)19-20(28)27-21(29)32-19/h1-5,7,9-10,14,19H,6,8H2,(H,27,28,29)/t14-,19?/m1/s1. The van der Waals surface area contributed by atoms with Crippen LogP contribution in [0, 0.1) is 0 Å². The highest BCUT2D eigenvalue weighted by atomic mass is 32.2. The van der Waals surface area contributed by atoms with Gasteiger partial charge in [0.25, 0.3) is 5.24 Å². The minimum atomic E-state index is -4.46. The van der Waals surface area contributed by atoms with Gasteiger partial charge in [0.1, 0.15) is 22.5 Å². The molecular formula is C22H15F3N2O4S. The normalized spacial score (nSPS) is 20.6. The molecule has 0 aliphatic carbocycles. The zero-order valence-corrected chi connectivity index (χ0v) is 17.1. The molecule has 2 aromatic carbocycles. The van der Waals surface area contributed by atoms with E-state index in [0.717, 1.165) is 29.5 Å². The fourth-order valence-electron chi connectivity index (χ4n) is 3.92. The monoisotopic (exact) mass is 460 g/mol. The van der Waals surface area contributed by atoms with Gasteiger partial charge in [-0.3, -0.25) is 19.9 Å². The molecule has 1 unspecified atom stereocenters. The molecule has 3 aromatic rings. The Balaban J connectivity index is 1.44. The Labute approximate surface area is 184 Å². The molecule has 1 fully saturated rings. The van der Waals surface area contributed by atoms with Gasteiger partial charge in [-0.15, -0.1) is 0 Å². The van der Waals surface area contributed by atoms with Crippen LogP contribution < -0.4 is 14.8 Å². The van der Waals surface area contributed by atoms with E-state index in [0.29, 0.717) is 35.7 Å². The Morgan fingerprint density at radius 2 is 1.97 bits per heavy atom. The van der Waals surface area contributed by atoms with Gasteiger partial charge in [-0.05, 0) is 42.3 Å². The molecule has 2 atom stereocenters. The number of fused-ring (bicyclic) bond motifs is 2. The molecular weight excluding hydrogens is 445 g/mol. The maximum atomic E-state index is 13.0. The molecule has 0 bridgehead atoms. The van der Waals surface area contributed by atoms with E-state index in [2.05, 4.69) is 10.3 Å². The van der Waals surface area contributed by atoms with E-state index in [-0.39, 0.29) is 22.6 Å². The van der Waals surface area contributed by atoms with Crippen molar-refractivity contribution in [3.8, 4) is 17.2 Å². The lowest BCUT2D eigenvalue weighted by molar-refractivity contribution is -0.137. The summed E-state index contributed by atoms with van der Waals surface area (Å²) in [4.78, 5) is 27.7. The number of rotatable bonds is 3. The predicted octanol–water partition coefficient (Wildman–Crippen LogP) is 5.26. The summed E-state index contributed by atoms with van der Waals surface area (Å²) in [5.41, 5.74) is 0.191. The van der Waals surface area contributed by atoms with E-state index < -0.39 is 17.0 Å². The number of halogens is 3. The SMILES string of the molecule is O=C1NC(=O)C([C@@H]2CCOc3cc(Oc4ccnc5cc(C(F)(F)F)ccc45)ccc32)S1. The highest BCUT2D eigenvalue weighted by molar-refractivity contribution is 8.15. The Bertz CT molecular complexity index is 1250. The minimum Gasteiger partial charge on any atom is -0.493 e. The van der Waals surface area contributed by atoms with Crippen LogP contribution in [-0.4, -0.2) is 28.0 Å². The predicted molar refractivity (Wildman–Crippen MR) is 111 cm³/mol. The molecule has 32 heavy (non-hydrogen) atoms. The molecule has 2 aliphatic heterocycles. The number of hydrogen-bond donors (Lipinski definition) is 1. The summed E-state index contributed by atoms with van der Waals surface area (Å²) < 4.78 is 50.7. The lowest BCUT2D eigenvalue weighted by atomic mass is 9.89. The average molecular weight is 460 g/mol. The van der Waals surface area contributed by atoms with Crippen LogP contribution >= 0.6 is 11.8 Å². The van der Waals surface area contributed by atoms with Crippen LogP contribution in [0.2, 0.25) is 0 Å². The maximum absolute atomic E-state index is 13.0. The van der Waals surface area contributed by atoms with E-state index in [1.165, 1.54) is 12.3 Å². The summed E-state index contributed by atoms with van der Waals surface area (Å²) in [6.45, 7) is 0.387. The molecule has 1 aromatic heterocycles. The number of carbonyl (C=O) groups is 2. The second-order valence-corrected chi connectivity index (χ2v) is 8.51. The first kappa shape index (κ1) is 20.6. The summed E-state index contributed by atoms with van der Waals surface area (Å²) >= 11 is 0.981. The third-order valence-corrected chi connectivity index (χ3v) is 6.52. The molecule has 1 saturated heterocycles. The van der Waals surface area contributed by atoms with Crippen LogP contribution in [0.4, 0.5) is 18.0 Å². The number of benzene rings is 2. The molecule has 3 heterocycles. The largest absolute Gasteiger partial charge is 0.493 e. The number of imide groups is 1. The number of nitrogens with one attached hydrogen (secondary N) is 1. The lowest BCUT2D eigenvalue weighted by Gasteiger charge is -2.28. The molecule has 164 valence electrons. The van der Waals surface area contributed by atoms with Crippen molar-refractivity contribution in [3.63, 3.8) is 0 Å². The number of carbonyl (C=O) groups excluding carboxylic acids is 2. The molecule has 0 radical (unpaired) electrons. The number of alkyl halides is 3. The number of aromatic nitrogens is 1. The van der Waals surface area contributed by atoms with Crippen LogP contribution in [0.3, 0.4) is 0 Å². The van der Waals surface area contributed by atoms with Crippen molar-refractivity contribution in [3.05, 3.63) is 59.8 Å². The van der Waals surface area contributed by atoms with Crippen LogP contribution in [0.1, 0.15) is 23.5 Å². The third-order valence-electron chi connectivity index (χ3n) is 5.41. The highest BCUT2D eigenvalue weighted by Crippen LogP contribution is 2.44. The van der Waals surface area contributed by atoms with Crippen molar-refractivity contribution in [2.75, 3.05) is 6.61 Å². The molecule has 0 spiro atoms. The van der Waals surface area contributed by atoms with Gasteiger partial charge in [-0.25, -0.2) is 0 Å². The van der Waals surface area contributed by atoms with E-state index in [1.54, 1.807) is 24.3 Å². The molecule has 0 saturated carbocycles. The number of thioether (sulfide) groups is 1. The van der Waals surface area contributed by atoms with Crippen LogP contribution in [0.5, 0.6) is 17.2 Å². The van der Waals surface area contributed by atoms with Crippen molar-refractivity contribution < 1.29 is 32.2 Å². The van der Waals surface area contributed by atoms with Gasteiger partial charge in [-0.2, -0.15) is 13.2 Å². The van der Waals surface area contributed by atoms with Gasteiger partial charge in [0.2, 0.25) is 5.91 Å². The van der Waals surface area contributed by atoms with Crippen molar-refractivity contribution in [1.82, 2.24) is 10.3 Å². The maximum Gasteiger partial charge on any atom is 0.416 e. The van der Waals surface area contributed by atoms with Crippen molar-refractivity contribution in [2.24, 2.45) is 0 Å². The summed E-state index contributed by atoms with van der Waals surface area (Å²) in [7, 11) is 0. The number of pyridine rings is 1. The number of ether oxygens (including phenoxy) is 2. The second kappa shape index (κ2) is 7.70. The zero-order valence-electron chi connectivity index (χ0n) is 16.3. The van der Waals surface area contributed by atoms with Gasteiger partial charge in [0.15, 0.2) is 0 Å². The Hall–Kier alpha value is -3.27. The quantitative estimate of drug-likeness (QED) is 0.574. The van der Waals surface area contributed by atoms with Crippen molar-refractivity contribution in [2.45, 2.75) is 23.8 Å². The lowest BCUT2D eigenvalue weighted by Crippen LogP contribution is -2.31. The number of nitrogens with zero attached hydrogens (tertiary/aromatic N) is 1. The first-order chi connectivity index (χ1) is 15.3. The third kappa shape index (κ3) is 3.75. The Morgan fingerprint density at radius 3 is 2.72 bits per heavy atom. The number of hydrogen-bond acceptors (Lipinski definition) is 6. The summed E-state index contributed by atoms with van der Waals surface area (Å²) in [5.74, 6) is 0.847. The van der Waals surface area contributed by atoms with E-state index in [1.807, 2.05) is 0 Å². The molecule has 2 amide bonds. The van der Waals surface area contributed by atoms with Crippen molar-refractivity contribution in [1.29, 1.82) is 0 Å². The fourth-order valence-corrected chi connectivity index (χ4v) is 4.93.